The molecule has 0 radical (unpaired) electrons. The molecule has 0 amide bonds. The number of nitrogens with one attached hydrogen (secondary N) is 1. The molecule has 0 atom stereocenters. The molecule has 0 saturated carbocycles. The van der Waals surface area contributed by atoms with Crippen molar-refractivity contribution in [3.05, 3.63) is 77.6 Å². The van der Waals surface area contributed by atoms with E-state index in [9.17, 15) is 4.39 Å². The number of rotatable bonds is 7. The Hall–Kier alpha value is -3.45. The van der Waals surface area contributed by atoms with Gasteiger partial charge in [-0.05, 0) is 42.0 Å². The van der Waals surface area contributed by atoms with E-state index in [-0.39, 0.29) is 5.69 Å². The Balaban J connectivity index is 1.60. The second-order valence-electron chi connectivity index (χ2n) is 6.45. The van der Waals surface area contributed by atoms with Crippen molar-refractivity contribution in [1.29, 1.82) is 0 Å². The van der Waals surface area contributed by atoms with E-state index in [2.05, 4.69) is 20.3 Å². The summed E-state index contributed by atoms with van der Waals surface area (Å²) in [4.78, 5) is 12.6. The summed E-state index contributed by atoms with van der Waals surface area (Å²) in [5, 5.41) is 3.98. The highest BCUT2D eigenvalue weighted by molar-refractivity contribution is 6.30. The van der Waals surface area contributed by atoms with Crippen LogP contribution in [0.25, 0.3) is 10.9 Å². The van der Waals surface area contributed by atoms with Crippen molar-refractivity contribution < 1.29 is 13.9 Å². The van der Waals surface area contributed by atoms with Gasteiger partial charge in [-0.15, -0.1) is 0 Å². The number of fused-ring (bicyclic) bond motifs is 1. The number of halogens is 2. The van der Waals surface area contributed by atoms with E-state index < -0.39 is 5.82 Å². The molecular formula is C22H18ClFN4O2. The summed E-state index contributed by atoms with van der Waals surface area (Å²) in [6, 6.07) is 11.8. The van der Waals surface area contributed by atoms with Crippen molar-refractivity contribution in [2.24, 2.45) is 0 Å². The number of hydrogen-bond donors (Lipinski definition) is 1. The summed E-state index contributed by atoms with van der Waals surface area (Å²) in [6.45, 7) is 0.470. The number of nitrogens with zero attached hydrogens (tertiary/aromatic N) is 3. The van der Waals surface area contributed by atoms with Gasteiger partial charge in [-0.25, -0.2) is 14.4 Å². The minimum absolute atomic E-state index is 0.260. The maximum absolute atomic E-state index is 14.2. The Morgan fingerprint density at radius 3 is 2.63 bits per heavy atom. The molecule has 1 N–H and O–H groups in total. The molecule has 0 aliphatic rings. The summed E-state index contributed by atoms with van der Waals surface area (Å²) >= 11 is 5.83. The first-order valence-electron chi connectivity index (χ1n) is 9.20. The van der Waals surface area contributed by atoms with Crippen LogP contribution in [0.15, 0.2) is 61.2 Å². The van der Waals surface area contributed by atoms with Gasteiger partial charge < -0.3 is 14.8 Å². The fourth-order valence-electron chi connectivity index (χ4n) is 2.98. The van der Waals surface area contributed by atoms with Crippen LogP contribution in [-0.2, 0) is 6.42 Å². The predicted octanol–water partition coefficient (Wildman–Crippen LogP) is 5.19. The fourth-order valence-corrected chi connectivity index (χ4v) is 3.14. The lowest BCUT2D eigenvalue weighted by atomic mass is 10.2. The highest BCUT2D eigenvalue weighted by atomic mass is 35.5. The lowest BCUT2D eigenvalue weighted by Gasteiger charge is -2.14. The summed E-state index contributed by atoms with van der Waals surface area (Å²) in [6.07, 6.45) is 5.64. The SMILES string of the molecule is COc1cc2c(Nc3ccc(Cl)cc3F)ncnc2cc1OCCc1ccncc1. The van der Waals surface area contributed by atoms with Crippen LogP contribution in [0.4, 0.5) is 15.9 Å². The van der Waals surface area contributed by atoms with Gasteiger partial charge >= 0.3 is 0 Å². The van der Waals surface area contributed by atoms with Crippen molar-refractivity contribution in [2.75, 3.05) is 19.0 Å². The smallest absolute Gasteiger partial charge is 0.163 e. The molecule has 0 saturated heterocycles. The third-order valence-electron chi connectivity index (χ3n) is 4.50. The highest BCUT2D eigenvalue weighted by Crippen LogP contribution is 2.35. The molecule has 2 aromatic carbocycles. The van der Waals surface area contributed by atoms with Gasteiger partial charge in [0.1, 0.15) is 18.0 Å². The first-order valence-corrected chi connectivity index (χ1v) is 9.58. The molecule has 4 rings (SSSR count). The van der Waals surface area contributed by atoms with E-state index in [1.54, 1.807) is 43.8 Å². The molecule has 0 bridgehead atoms. The Morgan fingerprint density at radius 2 is 1.87 bits per heavy atom. The van der Waals surface area contributed by atoms with E-state index in [1.165, 1.54) is 12.4 Å². The Labute approximate surface area is 177 Å². The van der Waals surface area contributed by atoms with E-state index in [4.69, 9.17) is 21.1 Å². The molecule has 8 heteroatoms. The van der Waals surface area contributed by atoms with Gasteiger partial charge in [0.25, 0.3) is 0 Å². The molecule has 0 fully saturated rings. The van der Waals surface area contributed by atoms with Gasteiger partial charge in [-0.1, -0.05) is 11.6 Å². The van der Waals surface area contributed by atoms with Crippen molar-refractivity contribution in [3.8, 4) is 11.5 Å². The molecular weight excluding hydrogens is 407 g/mol. The first-order chi connectivity index (χ1) is 14.6. The summed E-state index contributed by atoms with van der Waals surface area (Å²) < 4.78 is 25.6. The lowest BCUT2D eigenvalue weighted by Crippen LogP contribution is -2.04. The fraction of sp³-hybridized carbons (Fsp3) is 0.136. The average Bonchev–Trinajstić information content (AvgIpc) is 2.76. The van der Waals surface area contributed by atoms with Crippen LogP contribution >= 0.6 is 11.6 Å². The number of ether oxygens (including phenoxy) is 2. The molecule has 0 aliphatic heterocycles. The summed E-state index contributed by atoms with van der Waals surface area (Å²) in [5.74, 6) is 1.08. The monoisotopic (exact) mass is 424 g/mol. The standard InChI is InChI=1S/C22H18ClFN4O2/c1-29-20-11-16-19(12-21(20)30-9-6-14-4-7-25-8-5-14)26-13-27-22(16)28-18-3-2-15(23)10-17(18)24/h2-5,7-8,10-13H,6,9H2,1H3,(H,26,27,28). The molecule has 4 aromatic rings. The second kappa shape index (κ2) is 8.92. The van der Waals surface area contributed by atoms with Gasteiger partial charge in [0, 0.05) is 35.3 Å². The predicted molar refractivity (Wildman–Crippen MR) is 114 cm³/mol. The van der Waals surface area contributed by atoms with Gasteiger partial charge in [0.15, 0.2) is 11.5 Å². The van der Waals surface area contributed by atoms with Crippen LogP contribution in [-0.4, -0.2) is 28.7 Å². The van der Waals surface area contributed by atoms with Crippen molar-refractivity contribution in [1.82, 2.24) is 15.0 Å². The van der Waals surface area contributed by atoms with Crippen LogP contribution in [0.3, 0.4) is 0 Å². The van der Waals surface area contributed by atoms with Crippen molar-refractivity contribution in [2.45, 2.75) is 6.42 Å². The number of aromatic nitrogens is 3. The third-order valence-corrected chi connectivity index (χ3v) is 4.74. The number of anilines is 2. The molecule has 0 unspecified atom stereocenters. The number of methoxy groups -OCH3 is 1. The Bertz CT molecular complexity index is 1170. The normalized spacial score (nSPS) is 10.8. The van der Waals surface area contributed by atoms with Crippen LogP contribution in [0.2, 0.25) is 5.02 Å². The summed E-state index contributed by atoms with van der Waals surface area (Å²) in [5.41, 5.74) is 2.03. The van der Waals surface area contributed by atoms with Crippen LogP contribution in [0.5, 0.6) is 11.5 Å². The topological polar surface area (TPSA) is 69.2 Å². The van der Waals surface area contributed by atoms with Crippen LogP contribution in [0, 0.1) is 5.82 Å². The zero-order valence-electron chi connectivity index (χ0n) is 16.1. The highest BCUT2D eigenvalue weighted by Gasteiger charge is 2.13. The minimum atomic E-state index is -0.475. The molecule has 2 heterocycles. The third kappa shape index (κ3) is 4.41. The lowest BCUT2D eigenvalue weighted by molar-refractivity contribution is 0.298. The second-order valence-corrected chi connectivity index (χ2v) is 6.88. The maximum Gasteiger partial charge on any atom is 0.163 e. The Morgan fingerprint density at radius 1 is 1.03 bits per heavy atom. The zero-order valence-corrected chi connectivity index (χ0v) is 16.9. The quantitative estimate of drug-likeness (QED) is 0.440. The van der Waals surface area contributed by atoms with E-state index in [0.29, 0.717) is 39.8 Å². The first kappa shape index (κ1) is 19.8. The number of pyridine rings is 1. The van der Waals surface area contributed by atoms with Crippen molar-refractivity contribution >= 4 is 34.0 Å². The van der Waals surface area contributed by atoms with Crippen LogP contribution < -0.4 is 14.8 Å². The molecule has 152 valence electrons. The van der Waals surface area contributed by atoms with Gasteiger partial charge in [0.05, 0.1) is 24.9 Å². The molecule has 2 aromatic heterocycles. The zero-order chi connectivity index (χ0) is 20.9. The van der Waals surface area contributed by atoms with Gasteiger partial charge in [-0.3, -0.25) is 4.98 Å². The number of hydrogen-bond acceptors (Lipinski definition) is 6. The maximum atomic E-state index is 14.2. The van der Waals surface area contributed by atoms with Crippen LogP contribution in [0.1, 0.15) is 5.56 Å². The summed E-state index contributed by atoms with van der Waals surface area (Å²) in [7, 11) is 1.56. The molecule has 0 aliphatic carbocycles. The Kier molecular flexibility index (Phi) is 5.90. The number of benzene rings is 2. The average molecular weight is 425 g/mol. The molecule has 0 spiro atoms. The minimum Gasteiger partial charge on any atom is -0.493 e. The van der Waals surface area contributed by atoms with Gasteiger partial charge in [-0.2, -0.15) is 0 Å². The van der Waals surface area contributed by atoms with E-state index >= 15 is 0 Å². The van der Waals surface area contributed by atoms with E-state index in [1.807, 2.05) is 12.1 Å². The largest absolute Gasteiger partial charge is 0.493 e. The van der Waals surface area contributed by atoms with E-state index in [0.717, 1.165) is 12.0 Å². The van der Waals surface area contributed by atoms with Gasteiger partial charge in [0.2, 0.25) is 0 Å². The molecule has 6 nitrogen and oxygen atoms in total. The van der Waals surface area contributed by atoms with Crippen molar-refractivity contribution in [3.63, 3.8) is 0 Å². The molecule has 30 heavy (non-hydrogen) atoms.